The van der Waals surface area contributed by atoms with E-state index in [9.17, 15) is 5.11 Å². The average Bonchev–Trinajstić information content (AvgIpc) is 2.51. The summed E-state index contributed by atoms with van der Waals surface area (Å²) in [6.45, 7) is 13.2. The van der Waals surface area contributed by atoms with Crippen LogP contribution < -0.4 is 0 Å². The Kier molecular flexibility index (Phi) is 10.3. The van der Waals surface area contributed by atoms with E-state index in [-0.39, 0.29) is 6.10 Å². The lowest BCUT2D eigenvalue weighted by molar-refractivity contribution is -0.0839. The fraction of sp³-hybridized carbons (Fsp3) is 1.00. The third-order valence-electron chi connectivity index (χ3n) is 4.76. The van der Waals surface area contributed by atoms with Crippen molar-refractivity contribution in [1.29, 1.82) is 0 Å². The van der Waals surface area contributed by atoms with Crippen LogP contribution in [0, 0.1) is 5.92 Å². The molecule has 0 bridgehead atoms. The first-order valence-electron chi connectivity index (χ1n) is 9.43. The highest BCUT2D eigenvalue weighted by Gasteiger charge is 2.23. The van der Waals surface area contributed by atoms with Gasteiger partial charge in [0, 0.05) is 39.3 Å². The summed E-state index contributed by atoms with van der Waals surface area (Å²) in [4.78, 5) is 2.39. The van der Waals surface area contributed by atoms with Crippen LogP contribution in [0.3, 0.4) is 0 Å². The van der Waals surface area contributed by atoms with E-state index in [4.69, 9.17) is 0 Å². The molecule has 0 saturated carbocycles. The van der Waals surface area contributed by atoms with Crippen LogP contribution in [0.1, 0.15) is 59.3 Å². The molecule has 0 aromatic carbocycles. The van der Waals surface area contributed by atoms with Crippen molar-refractivity contribution in [2.45, 2.75) is 65.4 Å². The topological polar surface area (TPSA) is 30.0 Å². The number of rotatable bonds is 11. The molecule has 0 aromatic heterocycles. The van der Waals surface area contributed by atoms with E-state index in [2.05, 4.69) is 42.7 Å². The number of likely N-dealkylation sites (N-methyl/N-ethyl adjacent to an activating group) is 1. The first-order chi connectivity index (χ1) is 10.6. The monoisotopic (exact) mass is 313 g/mol. The highest BCUT2D eigenvalue weighted by molar-refractivity contribution is 4.72. The van der Waals surface area contributed by atoms with Crippen LogP contribution in [0.25, 0.3) is 0 Å². The summed E-state index contributed by atoms with van der Waals surface area (Å²) < 4.78 is 0. The molecule has 22 heavy (non-hydrogen) atoms. The molecule has 2 atom stereocenters. The zero-order valence-electron chi connectivity index (χ0n) is 15.4. The molecule has 0 aliphatic carbocycles. The highest BCUT2D eigenvalue weighted by atomic mass is 16.3. The molecule has 1 fully saturated rings. The third kappa shape index (κ3) is 7.91. The average molecular weight is 314 g/mol. The summed E-state index contributed by atoms with van der Waals surface area (Å²) in [6.07, 6.45) is 6.93. The minimum absolute atomic E-state index is 0.182. The maximum absolute atomic E-state index is 10.3. The van der Waals surface area contributed by atoms with Crippen LogP contribution in [0.4, 0.5) is 0 Å². The van der Waals surface area contributed by atoms with Crippen molar-refractivity contribution >= 4 is 0 Å². The second-order valence-corrected chi connectivity index (χ2v) is 7.17. The summed E-state index contributed by atoms with van der Waals surface area (Å²) >= 11 is 0. The van der Waals surface area contributed by atoms with Gasteiger partial charge in [-0.05, 0) is 25.8 Å². The van der Waals surface area contributed by atoms with Gasteiger partial charge >= 0.3 is 0 Å². The molecule has 4 heteroatoms. The first kappa shape index (κ1) is 19.9. The lowest BCUT2D eigenvalue weighted by Gasteiger charge is -2.42. The van der Waals surface area contributed by atoms with E-state index in [1.807, 2.05) is 0 Å². The lowest BCUT2D eigenvalue weighted by atomic mass is 10.0. The van der Waals surface area contributed by atoms with Crippen LogP contribution in [0.15, 0.2) is 0 Å². The van der Waals surface area contributed by atoms with Gasteiger partial charge < -0.3 is 10.0 Å². The summed E-state index contributed by atoms with van der Waals surface area (Å²) in [5.74, 6) is 0.706. The fourth-order valence-electron chi connectivity index (χ4n) is 3.16. The minimum Gasteiger partial charge on any atom is -0.392 e. The second kappa shape index (κ2) is 11.4. The molecule has 1 aliphatic heterocycles. The SMILES string of the molecule is CCCCC(C)CN(CC(O)CCCC)N1CCN(C)CC1. The lowest BCUT2D eigenvalue weighted by Crippen LogP contribution is -2.55. The Labute approximate surface area is 138 Å². The van der Waals surface area contributed by atoms with Crippen molar-refractivity contribution in [3.8, 4) is 0 Å². The molecule has 2 unspecified atom stereocenters. The smallest absolute Gasteiger partial charge is 0.0681 e. The van der Waals surface area contributed by atoms with Crippen LogP contribution in [0.5, 0.6) is 0 Å². The Hall–Kier alpha value is -0.160. The van der Waals surface area contributed by atoms with Gasteiger partial charge in [-0.1, -0.05) is 46.5 Å². The van der Waals surface area contributed by atoms with Crippen molar-refractivity contribution in [3.63, 3.8) is 0 Å². The summed E-state index contributed by atoms with van der Waals surface area (Å²) in [6, 6.07) is 0. The van der Waals surface area contributed by atoms with Gasteiger partial charge in [0.05, 0.1) is 6.10 Å². The third-order valence-corrected chi connectivity index (χ3v) is 4.76. The standard InChI is InChI=1S/C18H39N3O/c1-5-7-9-17(3)15-21(16-18(22)10-8-6-2)20-13-11-19(4)12-14-20/h17-18,22H,5-16H2,1-4H3. The number of unbranched alkanes of at least 4 members (excludes halogenated alkanes) is 2. The Morgan fingerprint density at radius 1 is 0.955 bits per heavy atom. The Bertz CT molecular complexity index is 251. The predicted octanol–water partition coefficient (Wildman–Crippen LogP) is 2.83. The number of piperazine rings is 1. The normalized spacial score (nSPS) is 20.5. The maximum atomic E-state index is 10.3. The molecule has 132 valence electrons. The molecule has 1 heterocycles. The summed E-state index contributed by atoms with van der Waals surface area (Å²) in [7, 11) is 2.20. The van der Waals surface area contributed by atoms with Crippen LogP contribution in [-0.2, 0) is 0 Å². The van der Waals surface area contributed by atoms with Crippen molar-refractivity contribution < 1.29 is 5.11 Å². The molecule has 1 saturated heterocycles. The molecule has 0 spiro atoms. The number of nitrogens with zero attached hydrogens (tertiary/aromatic N) is 3. The highest BCUT2D eigenvalue weighted by Crippen LogP contribution is 2.14. The van der Waals surface area contributed by atoms with Crippen LogP contribution in [-0.4, -0.2) is 72.4 Å². The van der Waals surface area contributed by atoms with Gasteiger partial charge in [0.25, 0.3) is 0 Å². The van der Waals surface area contributed by atoms with E-state index in [1.165, 1.54) is 25.7 Å². The zero-order valence-corrected chi connectivity index (χ0v) is 15.4. The Balaban J connectivity index is 2.51. The molecule has 4 nitrogen and oxygen atoms in total. The first-order valence-corrected chi connectivity index (χ1v) is 9.43. The van der Waals surface area contributed by atoms with Crippen molar-refractivity contribution in [1.82, 2.24) is 14.9 Å². The molecular weight excluding hydrogens is 274 g/mol. The largest absolute Gasteiger partial charge is 0.392 e. The summed E-state index contributed by atoms with van der Waals surface area (Å²) in [5, 5.41) is 15.3. The van der Waals surface area contributed by atoms with Crippen molar-refractivity contribution in [2.24, 2.45) is 5.92 Å². The maximum Gasteiger partial charge on any atom is 0.0681 e. The van der Waals surface area contributed by atoms with E-state index in [0.29, 0.717) is 5.92 Å². The van der Waals surface area contributed by atoms with Gasteiger partial charge in [-0.15, -0.1) is 0 Å². The van der Waals surface area contributed by atoms with Crippen molar-refractivity contribution in [3.05, 3.63) is 0 Å². The fourth-order valence-corrected chi connectivity index (χ4v) is 3.16. The Morgan fingerprint density at radius 2 is 1.55 bits per heavy atom. The molecule has 0 aromatic rings. The number of hydrogen-bond donors (Lipinski definition) is 1. The van der Waals surface area contributed by atoms with Gasteiger partial charge in [0.15, 0.2) is 0 Å². The number of hydrogen-bond acceptors (Lipinski definition) is 4. The second-order valence-electron chi connectivity index (χ2n) is 7.17. The molecule has 1 aliphatic rings. The van der Waals surface area contributed by atoms with E-state index in [1.54, 1.807) is 0 Å². The zero-order chi connectivity index (χ0) is 16.4. The van der Waals surface area contributed by atoms with Crippen LogP contribution >= 0.6 is 0 Å². The van der Waals surface area contributed by atoms with E-state index in [0.717, 1.165) is 52.1 Å². The molecule has 1 rings (SSSR count). The van der Waals surface area contributed by atoms with Gasteiger partial charge in [0.2, 0.25) is 0 Å². The molecular formula is C18H39N3O. The quantitative estimate of drug-likeness (QED) is 0.635. The van der Waals surface area contributed by atoms with E-state index < -0.39 is 0 Å². The van der Waals surface area contributed by atoms with Crippen LogP contribution in [0.2, 0.25) is 0 Å². The molecule has 0 amide bonds. The molecule has 0 radical (unpaired) electrons. The summed E-state index contributed by atoms with van der Waals surface area (Å²) in [5.41, 5.74) is 0. The predicted molar refractivity (Wildman–Crippen MR) is 94.9 cm³/mol. The van der Waals surface area contributed by atoms with Gasteiger partial charge in [-0.3, -0.25) is 0 Å². The van der Waals surface area contributed by atoms with Gasteiger partial charge in [-0.25, -0.2) is 10.0 Å². The molecule has 1 N–H and O–H groups in total. The number of hydrazine groups is 1. The van der Waals surface area contributed by atoms with Gasteiger partial charge in [0.1, 0.15) is 0 Å². The Morgan fingerprint density at radius 3 is 2.14 bits per heavy atom. The van der Waals surface area contributed by atoms with Gasteiger partial charge in [-0.2, -0.15) is 0 Å². The number of aliphatic hydroxyl groups excluding tert-OH is 1. The van der Waals surface area contributed by atoms with E-state index >= 15 is 0 Å². The number of aliphatic hydroxyl groups is 1. The van der Waals surface area contributed by atoms with Crippen molar-refractivity contribution in [2.75, 3.05) is 46.3 Å². The minimum atomic E-state index is -0.182.